The quantitative estimate of drug-likeness (QED) is 0.675. The van der Waals surface area contributed by atoms with Crippen LogP contribution in [0.2, 0.25) is 0 Å². The van der Waals surface area contributed by atoms with Crippen molar-refractivity contribution >= 4 is 28.6 Å². The maximum atomic E-state index is 12.5. The molecule has 0 bridgehead atoms. The van der Waals surface area contributed by atoms with Crippen molar-refractivity contribution in [3.05, 3.63) is 34.6 Å². The van der Waals surface area contributed by atoms with Gasteiger partial charge >= 0.3 is 0 Å². The van der Waals surface area contributed by atoms with E-state index >= 15 is 0 Å². The Kier molecular flexibility index (Phi) is 5.00. The predicted octanol–water partition coefficient (Wildman–Crippen LogP) is 2.57. The van der Waals surface area contributed by atoms with E-state index in [-0.39, 0.29) is 11.5 Å². The van der Waals surface area contributed by atoms with Crippen molar-refractivity contribution in [3.63, 3.8) is 0 Å². The molecule has 0 spiro atoms. The monoisotopic (exact) mass is 331 g/mol. The van der Waals surface area contributed by atoms with E-state index in [2.05, 4.69) is 10.3 Å². The van der Waals surface area contributed by atoms with E-state index in [0.29, 0.717) is 34.4 Å². The number of nitrogens with zero attached hydrogens (tertiary/aromatic N) is 2. The van der Waals surface area contributed by atoms with Gasteiger partial charge < -0.3 is 5.32 Å². The van der Waals surface area contributed by atoms with Crippen LogP contribution in [0, 0.1) is 0 Å². The fraction of sp³-hybridized carbons (Fsp3) is 0.471. The summed E-state index contributed by atoms with van der Waals surface area (Å²) in [6.45, 7) is 2.46. The Morgan fingerprint density at radius 2 is 2.09 bits per heavy atom. The molecule has 5 nitrogen and oxygen atoms in total. The summed E-state index contributed by atoms with van der Waals surface area (Å²) in [5.74, 6) is 0.313. The summed E-state index contributed by atoms with van der Waals surface area (Å²) in [6.07, 6.45) is 4.54. The number of amides is 1. The third kappa shape index (κ3) is 3.58. The van der Waals surface area contributed by atoms with Crippen LogP contribution in [-0.2, 0) is 11.3 Å². The second kappa shape index (κ2) is 7.17. The van der Waals surface area contributed by atoms with Gasteiger partial charge in [-0.1, -0.05) is 36.7 Å². The number of carbonyl (C=O) groups excluding carboxylic acids is 1. The number of fused-ring (bicyclic) bond motifs is 1. The number of hydrogen-bond acceptors (Lipinski definition) is 4. The highest BCUT2D eigenvalue weighted by molar-refractivity contribution is 7.99. The molecule has 0 unspecified atom stereocenters. The molecule has 1 heterocycles. The van der Waals surface area contributed by atoms with Crippen molar-refractivity contribution in [2.75, 3.05) is 5.75 Å². The van der Waals surface area contributed by atoms with Crippen LogP contribution in [0.25, 0.3) is 10.9 Å². The van der Waals surface area contributed by atoms with Gasteiger partial charge in [0.2, 0.25) is 5.91 Å². The standard InChI is InChI=1S/C17H21N3O2S/c1-2-20-16(22)13-9-5-6-10-14(13)19-17(20)23-11-15(21)18-12-7-3-4-8-12/h5-6,9-10,12H,2-4,7-8,11H2,1H3,(H,18,21). The summed E-state index contributed by atoms with van der Waals surface area (Å²) in [5.41, 5.74) is 0.637. The molecule has 2 aromatic rings. The molecule has 1 saturated carbocycles. The molecule has 1 amide bonds. The molecule has 1 aliphatic carbocycles. The van der Waals surface area contributed by atoms with Crippen LogP contribution in [0.1, 0.15) is 32.6 Å². The first-order valence-corrected chi connectivity index (χ1v) is 9.09. The average Bonchev–Trinajstić information content (AvgIpc) is 3.06. The van der Waals surface area contributed by atoms with E-state index in [1.54, 1.807) is 10.6 Å². The van der Waals surface area contributed by atoms with E-state index in [4.69, 9.17) is 0 Å². The molecule has 6 heteroatoms. The Bertz CT molecular complexity index is 766. The first-order valence-electron chi connectivity index (χ1n) is 8.10. The van der Waals surface area contributed by atoms with Crippen LogP contribution in [0.3, 0.4) is 0 Å². The number of aromatic nitrogens is 2. The van der Waals surface area contributed by atoms with Crippen molar-refractivity contribution in [2.45, 2.75) is 50.4 Å². The van der Waals surface area contributed by atoms with Gasteiger partial charge in [-0.2, -0.15) is 0 Å². The second-order valence-electron chi connectivity index (χ2n) is 5.80. The van der Waals surface area contributed by atoms with Crippen LogP contribution in [0.4, 0.5) is 0 Å². The van der Waals surface area contributed by atoms with E-state index < -0.39 is 0 Å². The second-order valence-corrected chi connectivity index (χ2v) is 6.74. The fourth-order valence-electron chi connectivity index (χ4n) is 3.01. The minimum atomic E-state index is -0.0446. The molecule has 1 N–H and O–H groups in total. The van der Waals surface area contributed by atoms with E-state index in [0.717, 1.165) is 12.8 Å². The average molecular weight is 331 g/mol. The summed E-state index contributed by atoms with van der Waals surface area (Å²) in [6, 6.07) is 7.65. The van der Waals surface area contributed by atoms with Gasteiger partial charge in [0.25, 0.3) is 5.56 Å². The van der Waals surface area contributed by atoms with Crippen molar-refractivity contribution in [1.82, 2.24) is 14.9 Å². The van der Waals surface area contributed by atoms with Gasteiger partial charge in [-0.15, -0.1) is 0 Å². The summed E-state index contributed by atoms with van der Waals surface area (Å²) in [5, 5.41) is 4.29. The lowest BCUT2D eigenvalue weighted by atomic mass is 10.2. The topological polar surface area (TPSA) is 64.0 Å². The minimum absolute atomic E-state index is 0.0203. The molecular formula is C17H21N3O2S. The molecule has 0 radical (unpaired) electrons. The molecule has 1 aromatic heterocycles. The van der Waals surface area contributed by atoms with Crippen LogP contribution < -0.4 is 10.9 Å². The molecular weight excluding hydrogens is 310 g/mol. The smallest absolute Gasteiger partial charge is 0.262 e. The zero-order valence-electron chi connectivity index (χ0n) is 13.2. The van der Waals surface area contributed by atoms with Crippen molar-refractivity contribution in [1.29, 1.82) is 0 Å². The van der Waals surface area contributed by atoms with Crippen molar-refractivity contribution in [2.24, 2.45) is 0 Å². The van der Waals surface area contributed by atoms with Crippen molar-refractivity contribution in [3.8, 4) is 0 Å². The zero-order valence-corrected chi connectivity index (χ0v) is 14.1. The number of nitrogens with one attached hydrogen (secondary N) is 1. The highest BCUT2D eigenvalue weighted by atomic mass is 32.2. The first kappa shape index (κ1) is 16.1. The molecule has 0 saturated heterocycles. The van der Waals surface area contributed by atoms with Gasteiger partial charge in [0, 0.05) is 12.6 Å². The number of benzene rings is 1. The highest BCUT2D eigenvalue weighted by Gasteiger charge is 2.18. The SMILES string of the molecule is CCn1c(SCC(=O)NC2CCCC2)nc2ccccc2c1=O. The normalized spacial score (nSPS) is 15.2. The third-order valence-corrected chi connectivity index (χ3v) is 5.17. The Morgan fingerprint density at radius 1 is 1.35 bits per heavy atom. The predicted molar refractivity (Wildman–Crippen MR) is 92.8 cm³/mol. The number of hydrogen-bond donors (Lipinski definition) is 1. The molecule has 1 fully saturated rings. The Morgan fingerprint density at radius 3 is 2.83 bits per heavy atom. The fourth-order valence-corrected chi connectivity index (χ4v) is 3.88. The van der Waals surface area contributed by atoms with Crippen LogP contribution >= 0.6 is 11.8 Å². The molecule has 0 atom stereocenters. The highest BCUT2D eigenvalue weighted by Crippen LogP contribution is 2.20. The molecule has 23 heavy (non-hydrogen) atoms. The molecule has 3 rings (SSSR count). The van der Waals surface area contributed by atoms with Gasteiger partial charge in [0.15, 0.2) is 5.16 Å². The summed E-state index contributed by atoms with van der Waals surface area (Å²) in [7, 11) is 0. The van der Waals surface area contributed by atoms with Gasteiger partial charge in [-0.25, -0.2) is 4.98 Å². The van der Waals surface area contributed by atoms with Gasteiger partial charge in [0.05, 0.1) is 16.7 Å². The first-order chi connectivity index (χ1) is 11.2. The number of rotatable bonds is 5. The maximum Gasteiger partial charge on any atom is 0.262 e. The zero-order chi connectivity index (χ0) is 16.2. The largest absolute Gasteiger partial charge is 0.353 e. The van der Waals surface area contributed by atoms with Crippen LogP contribution in [0.5, 0.6) is 0 Å². The summed E-state index contributed by atoms with van der Waals surface area (Å²) < 4.78 is 1.63. The van der Waals surface area contributed by atoms with Gasteiger partial charge in [-0.3, -0.25) is 14.2 Å². The van der Waals surface area contributed by atoms with Crippen LogP contribution in [0.15, 0.2) is 34.2 Å². The Balaban J connectivity index is 1.76. The molecule has 1 aliphatic rings. The van der Waals surface area contributed by atoms with E-state index in [1.165, 1.54) is 24.6 Å². The van der Waals surface area contributed by atoms with Gasteiger partial charge in [-0.05, 0) is 31.9 Å². The van der Waals surface area contributed by atoms with Crippen molar-refractivity contribution < 1.29 is 4.79 Å². The molecule has 0 aliphatic heterocycles. The lowest BCUT2D eigenvalue weighted by Crippen LogP contribution is -2.34. The summed E-state index contributed by atoms with van der Waals surface area (Å²) >= 11 is 1.33. The third-order valence-electron chi connectivity index (χ3n) is 4.20. The van der Waals surface area contributed by atoms with E-state index in [9.17, 15) is 9.59 Å². The Hall–Kier alpha value is -1.82. The van der Waals surface area contributed by atoms with Gasteiger partial charge in [0.1, 0.15) is 0 Å². The summed E-state index contributed by atoms with van der Waals surface area (Å²) in [4.78, 5) is 29.1. The lowest BCUT2D eigenvalue weighted by molar-refractivity contribution is -0.119. The van der Waals surface area contributed by atoms with E-state index in [1.807, 2.05) is 25.1 Å². The molecule has 122 valence electrons. The number of thioether (sulfide) groups is 1. The minimum Gasteiger partial charge on any atom is -0.353 e. The lowest BCUT2D eigenvalue weighted by Gasteiger charge is -2.13. The number of para-hydroxylation sites is 1. The number of carbonyl (C=O) groups is 1. The maximum absolute atomic E-state index is 12.5. The molecule has 1 aromatic carbocycles. The Labute approximate surface area is 139 Å². The van der Waals surface area contributed by atoms with Crippen LogP contribution in [-0.4, -0.2) is 27.3 Å².